The molecule has 0 saturated carbocycles. The summed E-state index contributed by atoms with van der Waals surface area (Å²) in [5.41, 5.74) is 3.06. The molecule has 2 heterocycles. The molecule has 0 bridgehead atoms. The molecule has 6 heteroatoms. The molecule has 1 fully saturated rings. The monoisotopic (exact) mass is 398 g/mol. The fourth-order valence-electron chi connectivity index (χ4n) is 3.36. The number of nitrogens with zero attached hydrogens (tertiary/aromatic N) is 2. The lowest BCUT2D eigenvalue weighted by molar-refractivity contribution is -0.139. The van der Waals surface area contributed by atoms with Crippen LogP contribution < -0.4 is 0 Å². The number of aliphatic imine (C=N–C) groups is 1. The summed E-state index contributed by atoms with van der Waals surface area (Å²) >= 11 is 1.42. The highest BCUT2D eigenvalue weighted by Gasteiger charge is 2.46. The summed E-state index contributed by atoms with van der Waals surface area (Å²) in [6, 6.07) is 7.55. The Morgan fingerprint density at radius 3 is 2.54 bits per heavy atom. The number of fused-ring (bicyclic) bond motifs is 1. The molecular formula is C22H26N2O3S. The van der Waals surface area contributed by atoms with Crippen molar-refractivity contribution in [3.8, 4) is 0 Å². The third-order valence-corrected chi connectivity index (χ3v) is 5.96. The van der Waals surface area contributed by atoms with Crippen molar-refractivity contribution < 1.29 is 14.3 Å². The number of carbonyl (C=O) groups is 2. The summed E-state index contributed by atoms with van der Waals surface area (Å²) in [7, 11) is 0. The van der Waals surface area contributed by atoms with Gasteiger partial charge in [-0.3, -0.25) is 9.69 Å². The second-order valence-corrected chi connectivity index (χ2v) is 9.33. The van der Waals surface area contributed by atoms with Crippen molar-refractivity contribution in [3.63, 3.8) is 0 Å². The average Bonchev–Trinajstić information content (AvgIpc) is 2.91. The lowest BCUT2D eigenvalue weighted by Crippen LogP contribution is -2.40. The van der Waals surface area contributed by atoms with Gasteiger partial charge >= 0.3 is 5.97 Å². The Morgan fingerprint density at radius 2 is 1.96 bits per heavy atom. The molecule has 0 radical (unpaired) electrons. The molecule has 0 aliphatic carbocycles. The van der Waals surface area contributed by atoms with E-state index < -0.39 is 12.0 Å². The number of hydrogen-bond donors (Lipinski definition) is 0. The van der Waals surface area contributed by atoms with Crippen LogP contribution in [0.5, 0.6) is 0 Å². The summed E-state index contributed by atoms with van der Waals surface area (Å²) in [6.45, 7) is 13.8. The summed E-state index contributed by atoms with van der Waals surface area (Å²) in [5, 5.41) is 0.409. The van der Waals surface area contributed by atoms with Gasteiger partial charge in [-0.15, -0.1) is 0 Å². The zero-order valence-corrected chi connectivity index (χ0v) is 17.8. The number of ether oxygens (including phenoxy) is 1. The Morgan fingerprint density at radius 1 is 1.32 bits per heavy atom. The second kappa shape index (κ2) is 7.59. The van der Waals surface area contributed by atoms with Crippen LogP contribution in [0.3, 0.4) is 0 Å². The first kappa shape index (κ1) is 20.4. The quantitative estimate of drug-likeness (QED) is 0.558. The molecule has 148 valence electrons. The average molecular weight is 399 g/mol. The number of amidine groups is 1. The molecule has 1 aromatic rings. The molecule has 5 nitrogen and oxygen atoms in total. The van der Waals surface area contributed by atoms with Gasteiger partial charge < -0.3 is 4.74 Å². The molecule has 2 aliphatic rings. The Bertz CT molecular complexity index is 878. The molecule has 1 amide bonds. The zero-order valence-electron chi connectivity index (χ0n) is 17.0. The Balaban J connectivity index is 2.09. The van der Waals surface area contributed by atoms with Crippen LogP contribution >= 0.6 is 11.8 Å². The van der Waals surface area contributed by atoms with E-state index >= 15 is 0 Å². The highest BCUT2D eigenvalue weighted by molar-refractivity contribution is 8.15. The number of benzene rings is 1. The molecule has 0 spiro atoms. The molecule has 2 aliphatic heterocycles. The normalized spacial score (nSPS) is 22.1. The zero-order chi connectivity index (χ0) is 20.6. The van der Waals surface area contributed by atoms with Crippen LogP contribution in [0, 0.1) is 0 Å². The van der Waals surface area contributed by atoms with E-state index in [0.29, 0.717) is 16.4 Å². The van der Waals surface area contributed by atoms with Crippen molar-refractivity contribution in [2.75, 3.05) is 6.61 Å². The third kappa shape index (κ3) is 3.65. The number of hydrogen-bond acceptors (Lipinski definition) is 5. The first-order chi connectivity index (χ1) is 13.1. The Kier molecular flexibility index (Phi) is 5.53. The maximum atomic E-state index is 12.9. The smallest absolute Gasteiger partial charge is 0.338 e. The topological polar surface area (TPSA) is 59.0 Å². The van der Waals surface area contributed by atoms with Gasteiger partial charge in [0, 0.05) is 0 Å². The van der Waals surface area contributed by atoms with Crippen LogP contribution in [-0.2, 0) is 19.7 Å². The highest BCUT2D eigenvalue weighted by Crippen LogP contribution is 2.43. The molecule has 2 atom stereocenters. The largest absolute Gasteiger partial charge is 0.458 e. The number of esters is 1. The van der Waals surface area contributed by atoms with Crippen LogP contribution in [0.25, 0.3) is 0 Å². The number of allylic oxidation sites excluding steroid dienone is 1. The van der Waals surface area contributed by atoms with Crippen LogP contribution in [-0.4, -0.2) is 33.8 Å². The van der Waals surface area contributed by atoms with Crippen molar-refractivity contribution in [1.29, 1.82) is 0 Å². The Labute approximate surface area is 170 Å². The molecule has 0 unspecified atom stereocenters. The van der Waals surface area contributed by atoms with Crippen LogP contribution in [0.1, 0.15) is 51.8 Å². The van der Waals surface area contributed by atoms with Crippen molar-refractivity contribution >= 4 is 28.8 Å². The minimum atomic E-state index is -0.538. The van der Waals surface area contributed by atoms with E-state index in [1.54, 1.807) is 11.8 Å². The minimum Gasteiger partial charge on any atom is -0.458 e. The van der Waals surface area contributed by atoms with E-state index in [1.807, 2.05) is 19.1 Å². The lowest BCUT2D eigenvalue weighted by Gasteiger charge is -2.33. The SMILES string of the molecule is C=CCOC(=O)C1=C(C)N=C2S[C@H](C)C(=O)N2[C@H]1c1ccc(C(C)(C)C)cc1. The van der Waals surface area contributed by atoms with E-state index in [0.717, 1.165) is 5.56 Å². The fourth-order valence-corrected chi connectivity index (χ4v) is 4.39. The molecule has 0 aromatic heterocycles. The summed E-state index contributed by atoms with van der Waals surface area (Å²) in [6.07, 6.45) is 1.53. The summed E-state index contributed by atoms with van der Waals surface area (Å²) in [4.78, 5) is 31.8. The molecule has 1 saturated heterocycles. The summed E-state index contributed by atoms with van der Waals surface area (Å²) < 4.78 is 5.31. The second-order valence-electron chi connectivity index (χ2n) is 8.02. The van der Waals surface area contributed by atoms with Crippen LogP contribution in [0.4, 0.5) is 0 Å². The van der Waals surface area contributed by atoms with Crippen molar-refractivity contribution in [3.05, 3.63) is 59.3 Å². The molecular weight excluding hydrogens is 372 g/mol. The van der Waals surface area contributed by atoms with Crippen molar-refractivity contribution in [2.24, 2.45) is 4.99 Å². The Hall–Kier alpha value is -2.34. The van der Waals surface area contributed by atoms with Gasteiger partial charge in [0.15, 0.2) is 5.17 Å². The van der Waals surface area contributed by atoms with Gasteiger partial charge in [0.2, 0.25) is 5.91 Å². The predicted octanol–water partition coefficient (Wildman–Crippen LogP) is 4.36. The number of rotatable bonds is 4. The van der Waals surface area contributed by atoms with E-state index in [9.17, 15) is 9.59 Å². The first-order valence-corrected chi connectivity index (χ1v) is 10.2. The fraction of sp³-hybridized carbons (Fsp3) is 0.409. The maximum Gasteiger partial charge on any atom is 0.338 e. The first-order valence-electron chi connectivity index (χ1n) is 9.32. The van der Waals surface area contributed by atoms with Crippen LogP contribution in [0.2, 0.25) is 0 Å². The van der Waals surface area contributed by atoms with Gasteiger partial charge in [-0.05, 0) is 30.4 Å². The van der Waals surface area contributed by atoms with Gasteiger partial charge in [0.05, 0.1) is 22.6 Å². The minimum absolute atomic E-state index is 0.0169. The van der Waals surface area contributed by atoms with E-state index in [4.69, 9.17) is 4.74 Å². The van der Waals surface area contributed by atoms with E-state index in [1.165, 1.54) is 23.4 Å². The van der Waals surface area contributed by atoms with E-state index in [2.05, 4.69) is 44.5 Å². The van der Waals surface area contributed by atoms with Gasteiger partial charge in [0.25, 0.3) is 0 Å². The number of carbonyl (C=O) groups excluding carboxylic acids is 2. The molecule has 28 heavy (non-hydrogen) atoms. The maximum absolute atomic E-state index is 12.9. The highest BCUT2D eigenvalue weighted by atomic mass is 32.2. The molecule has 1 aromatic carbocycles. The van der Waals surface area contributed by atoms with Crippen LogP contribution in [0.15, 0.2) is 53.2 Å². The molecule has 3 rings (SSSR count). The summed E-state index contributed by atoms with van der Waals surface area (Å²) in [5.74, 6) is -0.516. The molecule has 0 N–H and O–H groups in total. The van der Waals surface area contributed by atoms with Gasteiger partial charge in [-0.25, -0.2) is 9.79 Å². The van der Waals surface area contributed by atoms with Gasteiger partial charge in [0.1, 0.15) is 6.61 Å². The van der Waals surface area contributed by atoms with Crippen molar-refractivity contribution in [2.45, 2.75) is 51.3 Å². The predicted molar refractivity (Wildman–Crippen MR) is 113 cm³/mol. The number of thioether (sulfide) groups is 1. The lowest BCUT2D eigenvalue weighted by atomic mass is 9.85. The van der Waals surface area contributed by atoms with Crippen molar-refractivity contribution in [1.82, 2.24) is 4.90 Å². The third-order valence-electron chi connectivity index (χ3n) is 4.90. The standard InChI is InChI=1S/C22H26N2O3S/c1-7-12-27-20(26)17-13(2)23-21-24(19(25)14(3)28-21)18(17)15-8-10-16(11-9-15)22(4,5)6/h7-11,14,18H,1,12H2,2-6H3/t14-,18+/m1/s1. The van der Waals surface area contributed by atoms with E-state index in [-0.39, 0.29) is 23.2 Å². The number of amides is 1. The van der Waals surface area contributed by atoms with Gasteiger partial charge in [-0.2, -0.15) is 0 Å². The van der Waals surface area contributed by atoms with Gasteiger partial charge in [-0.1, -0.05) is 69.5 Å².